The van der Waals surface area contributed by atoms with Crippen LogP contribution in [0.1, 0.15) is 77.1 Å². The molecule has 0 radical (unpaired) electrons. The van der Waals surface area contributed by atoms with E-state index in [4.69, 9.17) is 11.2 Å². The standard InChI is InChI=1S/C31H41N3O4/c1-8-20-34(29(36)26(22(4)9-2)33-30(37)38-31(5,6)7)27(25-18-16-23(10-3)17-19-25)28(35)32-21-24-14-12-11-13-15-24/h3,11-19,22,26-27H,8-9,20-21H2,1-2,4-7H3,(H,32,35)(H,33,37). The second-order valence-corrected chi connectivity index (χ2v) is 10.4. The molecule has 0 aliphatic heterocycles. The highest BCUT2D eigenvalue weighted by molar-refractivity contribution is 5.92. The predicted octanol–water partition coefficient (Wildman–Crippen LogP) is 5.20. The van der Waals surface area contributed by atoms with Gasteiger partial charge in [0.15, 0.2) is 0 Å². The number of carbonyl (C=O) groups excluding carboxylic acids is 3. The molecular weight excluding hydrogens is 478 g/mol. The molecule has 0 spiro atoms. The molecule has 2 rings (SSSR count). The summed E-state index contributed by atoms with van der Waals surface area (Å²) in [5.41, 5.74) is 1.54. The molecule has 0 aliphatic carbocycles. The SMILES string of the molecule is C#Cc1ccc(C(C(=O)NCc2ccccc2)N(CCC)C(=O)C(NC(=O)OC(C)(C)C)C(C)CC)cc1. The van der Waals surface area contributed by atoms with Crippen molar-refractivity contribution < 1.29 is 19.1 Å². The first kappa shape index (κ1) is 30.4. The molecule has 2 aromatic rings. The quantitative estimate of drug-likeness (QED) is 0.399. The van der Waals surface area contributed by atoms with Gasteiger partial charge in [0.25, 0.3) is 0 Å². The van der Waals surface area contributed by atoms with Gasteiger partial charge in [-0.15, -0.1) is 6.42 Å². The van der Waals surface area contributed by atoms with E-state index in [1.165, 1.54) is 0 Å². The largest absolute Gasteiger partial charge is 0.444 e. The number of ether oxygens (including phenoxy) is 1. The van der Waals surface area contributed by atoms with Crippen LogP contribution in [-0.4, -0.2) is 41.0 Å². The Balaban J connectivity index is 2.46. The summed E-state index contributed by atoms with van der Waals surface area (Å²) in [6.45, 7) is 11.7. The van der Waals surface area contributed by atoms with Gasteiger partial charge >= 0.3 is 6.09 Å². The smallest absolute Gasteiger partial charge is 0.408 e. The van der Waals surface area contributed by atoms with Gasteiger partial charge in [-0.3, -0.25) is 9.59 Å². The molecule has 0 aliphatic rings. The molecule has 0 saturated heterocycles. The molecule has 204 valence electrons. The van der Waals surface area contributed by atoms with Gasteiger partial charge in [0, 0.05) is 18.7 Å². The summed E-state index contributed by atoms with van der Waals surface area (Å²) in [4.78, 5) is 42.0. The Morgan fingerprint density at radius 2 is 1.66 bits per heavy atom. The summed E-state index contributed by atoms with van der Waals surface area (Å²) >= 11 is 0. The molecule has 2 N–H and O–H groups in total. The lowest BCUT2D eigenvalue weighted by atomic mass is 9.95. The fourth-order valence-corrected chi connectivity index (χ4v) is 4.02. The monoisotopic (exact) mass is 519 g/mol. The van der Waals surface area contributed by atoms with Crippen molar-refractivity contribution in [2.24, 2.45) is 5.92 Å². The van der Waals surface area contributed by atoms with Gasteiger partial charge in [-0.2, -0.15) is 0 Å². The van der Waals surface area contributed by atoms with Crippen molar-refractivity contribution in [3.63, 3.8) is 0 Å². The minimum atomic E-state index is -0.912. The van der Waals surface area contributed by atoms with E-state index in [-0.39, 0.29) is 17.7 Å². The number of alkyl carbamates (subject to hydrolysis) is 1. The van der Waals surface area contributed by atoms with Crippen molar-refractivity contribution >= 4 is 17.9 Å². The Bertz CT molecular complexity index is 1100. The fraction of sp³-hybridized carbons (Fsp3) is 0.452. The first-order valence-corrected chi connectivity index (χ1v) is 13.2. The number of carbonyl (C=O) groups is 3. The summed E-state index contributed by atoms with van der Waals surface area (Å²) in [7, 11) is 0. The number of hydrogen-bond acceptors (Lipinski definition) is 4. The zero-order chi connectivity index (χ0) is 28.3. The van der Waals surface area contributed by atoms with Crippen LogP contribution in [0.3, 0.4) is 0 Å². The van der Waals surface area contributed by atoms with Gasteiger partial charge in [-0.05, 0) is 56.4 Å². The normalized spacial score (nSPS) is 13.4. The Hall–Kier alpha value is -3.79. The first-order valence-electron chi connectivity index (χ1n) is 13.2. The molecule has 0 fully saturated rings. The lowest BCUT2D eigenvalue weighted by molar-refractivity contribution is -0.143. The molecule has 3 atom stereocenters. The van der Waals surface area contributed by atoms with E-state index >= 15 is 0 Å². The van der Waals surface area contributed by atoms with Crippen molar-refractivity contribution in [2.75, 3.05) is 6.54 Å². The molecule has 3 amide bonds. The highest BCUT2D eigenvalue weighted by Crippen LogP contribution is 2.25. The third-order valence-corrected chi connectivity index (χ3v) is 6.16. The second kappa shape index (κ2) is 14.2. The van der Waals surface area contributed by atoms with Crippen molar-refractivity contribution in [3.05, 3.63) is 71.3 Å². The van der Waals surface area contributed by atoms with Crippen molar-refractivity contribution in [2.45, 2.75) is 78.6 Å². The number of nitrogens with one attached hydrogen (secondary N) is 2. The van der Waals surface area contributed by atoms with Gasteiger partial charge in [-0.25, -0.2) is 4.79 Å². The van der Waals surface area contributed by atoms with Crippen LogP contribution in [0, 0.1) is 18.3 Å². The minimum absolute atomic E-state index is 0.189. The second-order valence-electron chi connectivity index (χ2n) is 10.4. The van der Waals surface area contributed by atoms with Crippen molar-refractivity contribution in [1.29, 1.82) is 0 Å². The Morgan fingerprint density at radius 3 is 2.18 bits per heavy atom. The van der Waals surface area contributed by atoms with Gasteiger partial charge in [0.1, 0.15) is 17.7 Å². The van der Waals surface area contributed by atoms with E-state index in [1.54, 1.807) is 49.9 Å². The Labute approximate surface area is 227 Å². The Kier molecular flexibility index (Phi) is 11.4. The zero-order valence-electron chi connectivity index (χ0n) is 23.4. The number of amides is 3. The van der Waals surface area contributed by atoms with Crippen LogP contribution >= 0.6 is 0 Å². The minimum Gasteiger partial charge on any atom is -0.444 e. The van der Waals surface area contributed by atoms with Crippen LogP contribution in [0.25, 0.3) is 0 Å². The average molecular weight is 520 g/mol. The number of nitrogens with zero attached hydrogens (tertiary/aromatic N) is 1. The van der Waals surface area contributed by atoms with Gasteiger partial charge in [0.05, 0.1) is 0 Å². The number of terminal acetylenes is 1. The summed E-state index contributed by atoms with van der Waals surface area (Å²) in [5.74, 6) is 1.74. The number of rotatable bonds is 11. The molecule has 0 saturated carbocycles. The summed E-state index contributed by atoms with van der Waals surface area (Å²) in [6.07, 6.45) is 6.13. The van der Waals surface area contributed by atoms with Crippen molar-refractivity contribution in [3.8, 4) is 12.3 Å². The molecule has 7 heteroatoms. The van der Waals surface area contributed by atoms with Crippen LogP contribution in [0.4, 0.5) is 4.79 Å². The van der Waals surface area contributed by atoms with Gasteiger partial charge < -0.3 is 20.3 Å². The van der Waals surface area contributed by atoms with E-state index in [1.807, 2.05) is 51.1 Å². The van der Waals surface area contributed by atoms with Crippen LogP contribution in [0.5, 0.6) is 0 Å². The maximum absolute atomic E-state index is 14.1. The molecular formula is C31H41N3O4. The van der Waals surface area contributed by atoms with Crippen LogP contribution in [-0.2, 0) is 20.9 Å². The van der Waals surface area contributed by atoms with E-state index in [9.17, 15) is 14.4 Å². The molecule has 0 aromatic heterocycles. The van der Waals surface area contributed by atoms with Crippen molar-refractivity contribution in [1.82, 2.24) is 15.5 Å². The third-order valence-electron chi connectivity index (χ3n) is 6.16. The maximum atomic E-state index is 14.1. The average Bonchev–Trinajstić information content (AvgIpc) is 2.89. The highest BCUT2D eigenvalue weighted by Gasteiger charge is 2.37. The van der Waals surface area contributed by atoms with E-state index in [2.05, 4.69) is 16.6 Å². The van der Waals surface area contributed by atoms with Crippen LogP contribution in [0.15, 0.2) is 54.6 Å². The lowest BCUT2D eigenvalue weighted by Crippen LogP contribution is -2.55. The summed E-state index contributed by atoms with van der Waals surface area (Å²) < 4.78 is 5.44. The molecule has 3 unspecified atom stereocenters. The van der Waals surface area contributed by atoms with Crippen LogP contribution < -0.4 is 10.6 Å². The zero-order valence-corrected chi connectivity index (χ0v) is 23.4. The molecule has 0 heterocycles. The summed E-state index contributed by atoms with van der Waals surface area (Å²) in [5, 5.41) is 5.76. The van der Waals surface area contributed by atoms with Gasteiger partial charge in [0.2, 0.25) is 11.8 Å². The van der Waals surface area contributed by atoms with E-state index in [0.29, 0.717) is 37.1 Å². The fourth-order valence-electron chi connectivity index (χ4n) is 4.02. The maximum Gasteiger partial charge on any atom is 0.408 e. The first-order chi connectivity index (χ1) is 18.0. The topological polar surface area (TPSA) is 87.7 Å². The third kappa shape index (κ3) is 8.95. The lowest BCUT2D eigenvalue weighted by Gasteiger charge is -2.36. The molecule has 38 heavy (non-hydrogen) atoms. The van der Waals surface area contributed by atoms with Gasteiger partial charge in [-0.1, -0.05) is 75.6 Å². The predicted molar refractivity (Wildman–Crippen MR) is 150 cm³/mol. The van der Waals surface area contributed by atoms with E-state index in [0.717, 1.165) is 5.56 Å². The number of benzene rings is 2. The molecule has 0 bridgehead atoms. The number of hydrogen-bond donors (Lipinski definition) is 2. The summed E-state index contributed by atoms with van der Waals surface area (Å²) in [6, 6.07) is 14.9. The molecule has 7 nitrogen and oxygen atoms in total. The molecule has 2 aromatic carbocycles. The van der Waals surface area contributed by atoms with Crippen LogP contribution in [0.2, 0.25) is 0 Å². The Morgan fingerprint density at radius 1 is 1.03 bits per heavy atom. The highest BCUT2D eigenvalue weighted by atomic mass is 16.6. The van der Waals surface area contributed by atoms with E-state index < -0.39 is 23.8 Å².